The number of rotatable bonds is 4. The van der Waals surface area contributed by atoms with Gasteiger partial charge in [-0.15, -0.1) is 0 Å². The summed E-state index contributed by atoms with van der Waals surface area (Å²) in [6.45, 7) is 5.78. The summed E-state index contributed by atoms with van der Waals surface area (Å²) in [5.41, 5.74) is 1.97. The molecule has 2 rings (SSSR count). The Labute approximate surface area is 123 Å². The van der Waals surface area contributed by atoms with E-state index in [2.05, 4.69) is 33.3 Å². The number of ketones is 1. The van der Waals surface area contributed by atoms with E-state index in [1.165, 1.54) is 12.8 Å². The molecule has 1 aromatic heterocycles. The molecule has 1 aromatic rings. The summed E-state index contributed by atoms with van der Waals surface area (Å²) < 4.78 is 2.91. The molecule has 1 atom stereocenters. The number of halogens is 1. The number of hydrogen-bond donors (Lipinski definition) is 1. The Balaban J connectivity index is 2.09. The number of Topliss-reactive ketones (excluding diaryl/α,β-unsaturated/α-hetero) is 1. The summed E-state index contributed by atoms with van der Waals surface area (Å²) >= 11 is 3.55. The van der Waals surface area contributed by atoms with Gasteiger partial charge in [0, 0.05) is 6.54 Å². The van der Waals surface area contributed by atoms with Gasteiger partial charge >= 0.3 is 0 Å². The van der Waals surface area contributed by atoms with E-state index in [0.717, 1.165) is 41.8 Å². The van der Waals surface area contributed by atoms with E-state index >= 15 is 0 Å². The summed E-state index contributed by atoms with van der Waals surface area (Å²) in [7, 11) is 0. The largest absolute Gasteiger partial charge is 0.307 e. The summed E-state index contributed by atoms with van der Waals surface area (Å²) in [4.78, 5) is 12.4. The Morgan fingerprint density at radius 3 is 3.00 bits per heavy atom. The van der Waals surface area contributed by atoms with Gasteiger partial charge in [-0.3, -0.25) is 9.48 Å². The highest BCUT2D eigenvalue weighted by molar-refractivity contribution is 9.10. The number of nitrogens with zero attached hydrogens (tertiary/aromatic N) is 2. The highest BCUT2D eigenvalue weighted by atomic mass is 79.9. The van der Waals surface area contributed by atoms with Gasteiger partial charge in [-0.25, -0.2) is 0 Å². The number of carbonyl (C=O) groups is 1. The second-order valence-electron chi connectivity index (χ2n) is 5.16. The van der Waals surface area contributed by atoms with Gasteiger partial charge in [-0.05, 0) is 49.2 Å². The lowest BCUT2D eigenvalue weighted by molar-refractivity contribution is -0.120. The van der Waals surface area contributed by atoms with Crippen molar-refractivity contribution in [2.75, 3.05) is 6.54 Å². The zero-order valence-electron chi connectivity index (χ0n) is 11.7. The van der Waals surface area contributed by atoms with Crippen LogP contribution in [0.25, 0.3) is 0 Å². The van der Waals surface area contributed by atoms with Crippen LogP contribution in [0.1, 0.15) is 44.0 Å². The third kappa shape index (κ3) is 3.45. The normalized spacial score (nSPS) is 20.3. The van der Waals surface area contributed by atoms with Crippen molar-refractivity contribution in [3.8, 4) is 0 Å². The van der Waals surface area contributed by atoms with Gasteiger partial charge < -0.3 is 5.32 Å². The number of nitrogens with one attached hydrogen (secondary N) is 1. The first-order valence-corrected chi connectivity index (χ1v) is 7.90. The van der Waals surface area contributed by atoms with Crippen LogP contribution in [0.2, 0.25) is 0 Å². The minimum Gasteiger partial charge on any atom is -0.307 e. The zero-order chi connectivity index (χ0) is 13.8. The molecule has 1 unspecified atom stereocenters. The quantitative estimate of drug-likeness (QED) is 0.924. The molecule has 0 radical (unpaired) electrons. The minimum atomic E-state index is 0.0231. The zero-order valence-corrected chi connectivity index (χ0v) is 13.3. The average molecular weight is 328 g/mol. The Bertz CT molecular complexity index is 448. The predicted molar refractivity (Wildman–Crippen MR) is 79.3 cm³/mol. The average Bonchev–Trinajstić information content (AvgIpc) is 2.65. The lowest BCUT2D eigenvalue weighted by Crippen LogP contribution is -2.37. The van der Waals surface area contributed by atoms with Gasteiger partial charge in [0.1, 0.15) is 0 Å². The van der Waals surface area contributed by atoms with Gasteiger partial charge in [0.15, 0.2) is 5.78 Å². The highest BCUT2D eigenvalue weighted by Gasteiger charge is 2.23. The molecule has 0 spiro atoms. The van der Waals surface area contributed by atoms with Crippen molar-refractivity contribution in [3.63, 3.8) is 0 Å². The van der Waals surface area contributed by atoms with Gasteiger partial charge in [0.2, 0.25) is 0 Å². The Morgan fingerprint density at radius 1 is 1.47 bits per heavy atom. The molecule has 106 valence electrons. The number of aryl methyl sites for hydroxylation is 2. The van der Waals surface area contributed by atoms with Crippen LogP contribution in [0.15, 0.2) is 4.47 Å². The van der Waals surface area contributed by atoms with Crippen LogP contribution in [0.5, 0.6) is 0 Å². The van der Waals surface area contributed by atoms with Crippen LogP contribution in [-0.2, 0) is 17.8 Å². The first kappa shape index (κ1) is 14.7. The third-order valence-corrected chi connectivity index (χ3v) is 4.77. The first-order chi connectivity index (χ1) is 9.13. The van der Waals surface area contributed by atoms with Gasteiger partial charge in [0.05, 0.1) is 28.3 Å². The lowest BCUT2D eigenvalue weighted by atomic mass is 10.0. The first-order valence-electron chi connectivity index (χ1n) is 7.11. The molecular weight excluding hydrogens is 306 g/mol. The van der Waals surface area contributed by atoms with Gasteiger partial charge in [-0.2, -0.15) is 5.10 Å². The van der Waals surface area contributed by atoms with Crippen LogP contribution >= 0.6 is 15.9 Å². The van der Waals surface area contributed by atoms with Crippen molar-refractivity contribution in [2.24, 2.45) is 0 Å². The Morgan fingerprint density at radius 2 is 2.26 bits per heavy atom. The van der Waals surface area contributed by atoms with Crippen molar-refractivity contribution in [1.29, 1.82) is 0 Å². The molecule has 1 N–H and O–H groups in total. The Hall–Kier alpha value is -0.680. The molecule has 5 heteroatoms. The van der Waals surface area contributed by atoms with Crippen molar-refractivity contribution in [2.45, 2.75) is 58.5 Å². The molecule has 4 nitrogen and oxygen atoms in total. The third-order valence-electron chi connectivity index (χ3n) is 3.74. The van der Waals surface area contributed by atoms with E-state index in [-0.39, 0.29) is 11.8 Å². The molecule has 0 amide bonds. The van der Waals surface area contributed by atoms with Crippen molar-refractivity contribution < 1.29 is 4.79 Å². The van der Waals surface area contributed by atoms with Crippen LogP contribution in [0, 0.1) is 6.92 Å². The number of aromatic nitrogens is 2. The second-order valence-corrected chi connectivity index (χ2v) is 5.95. The molecule has 0 aromatic carbocycles. The maximum absolute atomic E-state index is 12.4. The summed E-state index contributed by atoms with van der Waals surface area (Å²) in [6.07, 6.45) is 4.99. The lowest BCUT2D eigenvalue weighted by Gasteiger charge is -2.15. The Kier molecular flexibility index (Phi) is 5.16. The minimum absolute atomic E-state index is 0.0231. The SMILES string of the molecule is CCn1nc(C)c(Br)c1CC(=O)C1CCCCCN1. The molecule has 2 heterocycles. The molecule has 1 aliphatic rings. The van der Waals surface area contributed by atoms with Crippen molar-refractivity contribution >= 4 is 21.7 Å². The molecule has 1 saturated heterocycles. The monoisotopic (exact) mass is 327 g/mol. The van der Waals surface area contributed by atoms with Crippen LogP contribution in [0.4, 0.5) is 0 Å². The summed E-state index contributed by atoms with van der Waals surface area (Å²) in [5.74, 6) is 0.289. The molecule has 0 saturated carbocycles. The topological polar surface area (TPSA) is 46.9 Å². The molecule has 1 aliphatic heterocycles. The molecule has 1 fully saturated rings. The van der Waals surface area contributed by atoms with E-state index < -0.39 is 0 Å². The summed E-state index contributed by atoms with van der Waals surface area (Å²) in [5, 5.41) is 7.81. The molecule has 19 heavy (non-hydrogen) atoms. The van der Waals surface area contributed by atoms with Crippen molar-refractivity contribution in [3.05, 3.63) is 15.9 Å². The standard InChI is InChI=1S/C14H22BrN3O/c1-3-18-12(14(15)10(2)17-18)9-13(19)11-7-5-4-6-8-16-11/h11,16H,3-9H2,1-2H3. The fourth-order valence-electron chi connectivity index (χ4n) is 2.63. The highest BCUT2D eigenvalue weighted by Crippen LogP contribution is 2.22. The number of hydrogen-bond acceptors (Lipinski definition) is 3. The van der Waals surface area contributed by atoms with E-state index in [1.807, 2.05) is 11.6 Å². The van der Waals surface area contributed by atoms with E-state index in [0.29, 0.717) is 6.42 Å². The second kappa shape index (κ2) is 6.66. The fraction of sp³-hybridized carbons (Fsp3) is 0.714. The molecular formula is C14H22BrN3O. The molecule has 0 bridgehead atoms. The molecule has 0 aliphatic carbocycles. The predicted octanol–water partition coefficient (Wildman–Crippen LogP) is 2.62. The number of carbonyl (C=O) groups excluding carboxylic acids is 1. The maximum Gasteiger partial charge on any atom is 0.155 e. The van der Waals surface area contributed by atoms with E-state index in [4.69, 9.17) is 0 Å². The van der Waals surface area contributed by atoms with Crippen molar-refractivity contribution in [1.82, 2.24) is 15.1 Å². The fourth-order valence-corrected chi connectivity index (χ4v) is 3.05. The van der Waals surface area contributed by atoms with Crippen LogP contribution < -0.4 is 5.32 Å². The van der Waals surface area contributed by atoms with Crippen LogP contribution in [-0.4, -0.2) is 28.2 Å². The summed E-state index contributed by atoms with van der Waals surface area (Å²) in [6, 6.07) is 0.0231. The maximum atomic E-state index is 12.4. The van der Waals surface area contributed by atoms with E-state index in [9.17, 15) is 4.79 Å². The smallest absolute Gasteiger partial charge is 0.155 e. The van der Waals surface area contributed by atoms with Crippen LogP contribution in [0.3, 0.4) is 0 Å². The van der Waals surface area contributed by atoms with Gasteiger partial charge in [-0.1, -0.05) is 12.8 Å². The van der Waals surface area contributed by atoms with E-state index in [1.54, 1.807) is 0 Å². The van der Waals surface area contributed by atoms with Gasteiger partial charge in [0.25, 0.3) is 0 Å².